The normalized spacial score (nSPS) is 10.7. The highest BCUT2D eigenvalue weighted by Crippen LogP contribution is 2.29. The van der Waals surface area contributed by atoms with Crippen LogP contribution in [0.1, 0.15) is 27.3 Å². The van der Waals surface area contributed by atoms with Gasteiger partial charge in [0.1, 0.15) is 11.6 Å². The molecule has 1 aromatic heterocycles. The standard InChI is InChI=1S/C27H26FN5O3S/c1-17-11-12-18(2)21(13-17)30-25(34)16-37-27-32-31-24(33(27)22-9-4-5-10-23(22)36-3)15-29-26(35)19-7-6-8-20(28)14-19/h4-14H,15-16H2,1-3H3,(H,29,35)(H,30,34). The number of amides is 2. The second kappa shape index (κ2) is 11.7. The van der Waals surface area contributed by atoms with Crippen LogP contribution in [0.2, 0.25) is 0 Å². The first-order valence-electron chi connectivity index (χ1n) is 11.5. The minimum atomic E-state index is -0.498. The number of nitrogens with one attached hydrogen (secondary N) is 2. The third-order valence-electron chi connectivity index (χ3n) is 5.52. The van der Waals surface area contributed by atoms with Gasteiger partial charge >= 0.3 is 0 Å². The number of ether oxygens (including phenoxy) is 1. The zero-order valence-corrected chi connectivity index (χ0v) is 21.4. The fraction of sp³-hybridized carbons (Fsp3) is 0.185. The summed E-state index contributed by atoms with van der Waals surface area (Å²) in [6.07, 6.45) is 0. The first kappa shape index (κ1) is 25.9. The average molecular weight is 520 g/mol. The summed E-state index contributed by atoms with van der Waals surface area (Å²) < 4.78 is 20.8. The van der Waals surface area contributed by atoms with Crippen molar-refractivity contribution in [3.05, 3.63) is 95.1 Å². The second-order valence-corrected chi connectivity index (χ2v) is 9.20. The molecule has 8 nitrogen and oxygen atoms in total. The van der Waals surface area contributed by atoms with E-state index < -0.39 is 11.7 Å². The van der Waals surface area contributed by atoms with Crippen LogP contribution in [0.4, 0.5) is 10.1 Å². The summed E-state index contributed by atoms with van der Waals surface area (Å²) in [5.41, 5.74) is 3.63. The van der Waals surface area contributed by atoms with Crippen LogP contribution in [0, 0.1) is 19.7 Å². The van der Waals surface area contributed by atoms with Crippen LogP contribution in [-0.4, -0.2) is 39.4 Å². The van der Waals surface area contributed by atoms with E-state index in [4.69, 9.17) is 4.74 Å². The van der Waals surface area contributed by atoms with E-state index in [9.17, 15) is 14.0 Å². The minimum absolute atomic E-state index is 0.0235. The lowest BCUT2D eigenvalue weighted by atomic mass is 10.1. The molecule has 0 atom stereocenters. The van der Waals surface area contributed by atoms with Gasteiger partial charge in [0.15, 0.2) is 11.0 Å². The van der Waals surface area contributed by atoms with E-state index in [-0.39, 0.29) is 23.8 Å². The smallest absolute Gasteiger partial charge is 0.251 e. The fourth-order valence-electron chi connectivity index (χ4n) is 3.64. The molecule has 3 aromatic carbocycles. The number of rotatable bonds is 9. The van der Waals surface area contributed by atoms with Gasteiger partial charge < -0.3 is 15.4 Å². The quantitative estimate of drug-likeness (QED) is 0.311. The molecule has 190 valence electrons. The van der Waals surface area contributed by atoms with Crippen LogP contribution >= 0.6 is 11.8 Å². The van der Waals surface area contributed by atoms with Crippen LogP contribution in [0.3, 0.4) is 0 Å². The van der Waals surface area contributed by atoms with Gasteiger partial charge in [-0.3, -0.25) is 14.2 Å². The van der Waals surface area contributed by atoms with Gasteiger partial charge in [0, 0.05) is 11.3 Å². The summed E-state index contributed by atoms with van der Waals surface area (Å²) >= 11 is 1.21. The van der Waals surface area contributed by atoms with Crippen molar-refractivity contribution < 1.29 is 18.7 Å². The number of hydrogen-bond acceptors (Lipinski definition) is 6. The van der Waals surface area contributed by atoms with Crippen molar-refractivity contribution in [2.45, 2.75) is 25.5 Å². The van der Waals surface area contributed by atoms with Crippen molar-refractivity contribution in [1.82, 2.24) is 20.1 Å². The number of thioether (sulfide) groups is 1. The largest absolute Gasteiger partial charge is 0.495 e. The van der Waals surface area contributed by atoms with Gasteiger partial charge in [-0.05, 0) is 61.4 Å². The summed E-state index contributed by atoms with van der Waals surface area (Å²) in [7, 11) is 1.55. The Morgan fingerprint density at radius 3 is 2.62 bits per heavy atom. The maximum atomic E-state index is 13.5. The monoisotopic (exact) mass is 519 g/mol. The van der Waals surface area contributed by atoms with Crippen LogP contribution in [0.5, 0.6) is 5.75 Å². The Kier molecular flexibility index (Phi) is 8.19. The van der Waals surface area contributed by atoms with Gasteiger partial charge in [0.25, 0.3) is 5.91 Å². The molecular formula is C27H26FN5O3S. The number of carbonyl (C=O) groups is 2. The van der Waals surface area contributed by atoms with Crippen LogP contribution in [-0.2, 0) is 11.3 Å². The number of anilines is 1. The number of hydrogen-bond donors (Lipinski definition) is 2. The highest BCUT2D eigenvalue weighted by atomic mass is 32.2. The highest BCUT2D eigenvalue weighted by molar-refractivity contribution is 7.99. The molecule has 0 fully saturated rings. The minimum Gasteiger partial charge on any atom is -0.495 e. The van der Waals surface area contributed by atoms with E-state index >= 15 is 0 Å². The summed E-state index contributed by atoms with van der Waals surface area (Å²) in [6.45, 7) is 3.93. The lowest BCUT2D eigenvalue weighted by Crippen LogP contribution is -2.25. The SMILES string of the molecule is COc1ccccc1-n1c(CNC(=O)c2cccc(F)c2)nnc1SCC(=O)Nc1cc(C)ccc1C. The number of para-hydroxylation sites is 2. The van der Waals surface area contributed by atoms with Crippen molar-refractivity contribution >= 4 is 29.3 Å². The molecule has 0 spiro atoms. The second-order valence-electron chi connectivity index (χ2n) is 8.25. The molecule has 1 heterocycles. The van der Waals surface area contributed by atoms with Crippen LogP contribution < -0.4 is 15.4 Å². The number of nitrogens with zero attached hydrogens (tertiary/aromatic N) is 3. The van der Waals surface area contributed by atoms with E-state index in [2.05, 4.69) is 20.8 Å². The lowest BCUT2D eigenvalue weighted by molar-refractivity contribution is -0.113. The molecule has 0 saturated carbocycles. The zero-order valence-electron chi connectivity index (χ0n) is 20.6. The van der Waals surface area contributed by atoms with E-state index in [1.54, 1.807) is 17.7 Å². The molecule has 0 unspecified atom stereocenters. The number of aromatic nitrogens is 3. The zero-order chi connectivity index (χ0) is 26.4. The molecule has 2 N–H and O–H groups in total. The molecule has 0 aliphatic rings. The third-order valence-corrected chi connectivity index (χ3v) is 6.45. The maximum absolute atomic E-state index is 13.5. The van der Waals surface area contributed by atoms with Crippen molar-refractivity contribution in [2.24, 2.45) is 0 Å². The summed E-state index contributed by atoms with van der Waals surface area (Å²) in [4.78, 5) is 25.3. The Morgan fingerprint density at radius 1 is 1.03 bits per heavy atom. The third kappa shape index (κ3) is 6.34. The molecule has 0 radical (unpaired) electrons. The fourth-order valence-corrected chi connectivity index (χ4v) is 4.41. The van der Waals surface area contributed by atoms with E-state index in [0.717, 1.165) is 22.9 Å². The van der Waals surface area contributed by atoms with Gasteiger partial charge in [-0.2, -0.15) is 0 Å². The van der Waals surface area contributed by atoms with Crippen molar-refractivity contribution in [3.63, 3.8) is 0 Å². The van der Waals surface area contributed by atoms with E-state index in [0.29, 0.717) is 22.4 Å². The maximum Gasteiger partial charge on any atom is 0.251 e. The van der Waals surface area contributed by atoms with Gasteiger partial charge in [0.05, 0.1) is 25.1 Å². The predicted octanol–water partition coefficient (Wildman–Crippen LogP) is 4.69. The van der Waals surface area contributed by atoms with Gasteiger partial charge in [-0.15, -0.1) is 10.2 Å². The molecule has 37 heavy (non-hydrogen) atoms. The Bertz CT molecular complexity index is 1440. The van der Waals surface area contributed by atoms with Gasteiger partial charge in [-0.1, -0.05) is 42.1 Å². The number of methoxy groups -OCH3 is 1. The number of aryl methyl sites for hydroxylation is 2. The average Bonchev–Trinajstić information content (AvgIpc) is 3.30. The summed E-state index contributed by atoms with van der Waals surface area (Å²) in [6, 6.07) is 18.6. The molecule has 0 bridgehead atoms. The molecule has 2 amide bonds. The number of benzene rings is 3. The lowest BCUT2D eigenvalue weighted by Gasteiger charge is -2.14. The van der Waals surface area contributed by atoms with Gasteiger partial charge in [0.2, 0.25) is 5.91 Å². The molecule has 4 rings (SSSR count). The molecular weight excluding hydrogens is 493 g/mol. The Morgan fingerprint density at radius 2 is 1.84 bits per heavy atom. The van der Waals surface area contributed by atoms with Gasteiger partial charge in [-0.25, -0.2) is 4.39 Å². The van der Waals surface area contributed by atoms with Crippen LogP contribution in [0.15, 0.2) is 71.9 Å². The van der Waals surface area contributed by atoms with E-state index in [1.807, 2.05) is 50.2 Å². The van der Waals surface area contributed by atoms with Crippen molar-refractivity contribution in [1.29, 1.82) is 0 Å². The molecule has 0 aliphatic carbocycles. The van der Waals surface area contributed by atoms with Crippen molar-refractivity contribution in [2.75, 3.05) is 18.2 Å². The first-order chi connectivity index (χ1) is 17.9. The molecule has 4 aromatic rings. The Hall–Kier alpha value is -4.18. The Labute approximate surface area is 218 Å². The molecule has 0 saturated heterocycles. The predicted molar refractivity (Wildman–Crippen MR) is 141 cm³/mol. The topological polar surface area (TPSA) is 98.1 Å². The molecule has 0 aliphatic heterocycles. The Balaban J connectivity index is 1.55. The van der Waals surface area contributed by atoms with Crippen molar-refractivity contribution in [3.8, 4) is 11.4 Å². The van der Waals surface area contributed by atoms with Crippen LogP contribution in [0.25, 0.3) is 5.69 Å². The number of halogens is 1. The number of carbonyl (C=O) groups excluding carboxylic acids is 2. The highest BCUT2D eigenvalue weighted by Gasteiger charge is 2.19. The summed E-state index contributed by atoms with van der Waals surface area (Å²) in [5, 5.41) is 14.7. The first-order valence-corrected chi connectivity index (χ1v) is 12.5. The molecule has 10 heteroatoms. The summed E-state index contributed by atoms with van der Waals surface area (Å²) in [5.74, 6) is -0.0440. The van der Waals surface area contributed by atoms with E-state index in [1.165, 1.54) is 30.0 Å².